The van der Waals surface area contributed by atoms with E-state index in [2.05, 4.69) is 28.5 Å². The summed E-state index contributed by atoms with van der Waals surface area (Å²) in [6, 6.07) is 1.77. The largest absolute Gasteiger partial charge is 0.351 e. The van der Waals surface area contributed by atoms with Crippen molar-refractivity contribution in [2.75, 3.05) is 44.4 Å². The molecule has 0 saturated carbocycles. The summed E-state index contributed by atoms with van der Waals surface area (Å²) in [7, 11) is 2.14. The lowest BCUT2D eigenvalue weighted by molar-refractivity contribution is -0.117. The van der Waals surface area contributed by atoms with Crippen LogP contribution in [-0.2, 0) is 4.79 Å². The Bertz CT molecular complexity index is 644. The molecule has 0 bridgehead atoms. The first-order valence-corrected chi connectivity index (χ1v) is 10.0. The summed E-state index contributed by atoms with van der Waals surface area (Å²) in [6.45, 7) is 3.48. The minimum Gasteiger partial charge on any atom is -0.351 e. The fraction of sp³-hybridized carbons (Fsp3) is 0.611. The third kappa shape index (κ3) is 4.15. The molecule has 1 aromatic heterocycles. The highest BCUT2D eigenvalue weighted by atomic mass is 32.2. The van der Waals surface area contributed by atoms with E-state index >= 15 is 0 Å². The Labute approximate surface area is 153 Å². The summed E-state index contributed by atoms with van der Waals surface area (Å²) < 4.78 is 0.109. The number of anilines is 1. The second-order valence-corrected chi connectivity index (χ2v) is 8.23. The SMILES string of the molecule is CSC1(CNC(=O)c2cncc(N3CCCC3=O)c2)CCN(C)CC1. The molecule has 0 spiro atoms. The van der Waals surface area contributed by atoms with Gasteiger partial charge in [0.05, 0.1) is 17.4 Å². The third-order valence-electron chi connectivity index (χ3n) is 5.27. The summed E-state index contributed by atoms with van der Waals surface area (Å²) in [5, 5.41) is 3.08. The molecule has 7 heteroatoms. The van der Waals surface area contributed by atoms with E-state index in [0.29, 0.717) is 30.8 Å². The van der Waals surface area contributed by atoms with Gasteiger partial charge in [0.1, 0.15) is 0 Å². The van der Waals surface area contributed by atoms with Crippen molar-refractivity contribution in [2.24, 2.45) is 0 Å². The number of piperidine rings is 1. The van der Waals surface area contributed by atoms with Crippen molar-refractivity contribution in [3.63, 3.8) is 0 Å². The molecule has 0 unspecified atom stereocenters. The predicted octanol–water partition coefficient (Wildman–Crippen LogP) is 1.77. The Balaban J connectivity index is 1.64. The lowest BCUT2D eigenvalue weighted by Crippen LogP contribution is -2.47. The number of nitrogens with zero attached hydrogens (tertiary/aromatic N) is 3. The van der Waals surface area contributed by atoms with Gasteiger partial charge in [0.2, 0.25) is 5.91 Å². The van der Waals surface area contributed by atoms with E-state index in [9.17, 15) is 9.59 Å². The number of aromatic nitrogens is 1. The van der Waals surface area contributed by atoms with Gasteiger partial charge < -0.3 is 15.1 Å². The maximum atomic E-state index is 12.6. The quantitative estimate of drug-likeness (QED) is 0.865. The number of nitrogens with one attached hydrogen (secondary N) is 1. The van der Waals surface area contributed by atoms with Gasteiger partial charge in [0.15, 0.2) is 0 Å². The predicted molar refractivity (Wildman–Crippen MR) is 101 cm³/mol. The van der Waals surface area contributed by atoms with Crippen LogP contribution in [0.4, 0.5) is 5.69 Å². The number of pyridine rings is 1. The highest BCUT2D eigenvalue weighted by Crippen LogP contribution is 2.33. The molecule has 0 aliphatic carbocycles. The van der Waals surface area contributed by atoms with E-state index in [1.807, 2.05) is 11.8 Å². The molecule has 136 valence electrons. The lowest BCUT2D eigenvalue weighted by Gasteiger charge is -2.39. The summed E-state index contributed by atoms with van der Waals surface area (Å²) >= 11 is 1.85. The van der Waals surface area contributed by atoms with Crippen LogP contribution in [0.1, 0.15) is 36.0 Å². The molecule has 25 heavy (non-hydrogen) atoms. The standard InChI is InChI=1S/C18H26N4O2S/c1-21-8-5-18(25-2,6-9-21)13-20-17(24)14-10-15(12-19-11-14)22-7-3-4-16(22)23/h10-12H,3-9,13H2,1-2H3,(H,20,24). The van der Waals surface area contributed by atoms with Gasteiger partial charge in [-0.25, -0.2) is 0 Å². The average molecular weight is 362 g/mol. The molecular formula is C18H26N4O2S. The van der Waals surface area contributed by atoms with Crippen LogP contribution in [0, 0.1) is 0 Å². The van der Waals surface area contributed by atoms with Gasteiger partial charge in [-0.05, 0) is 51.7 Å². The van der Waals surface area contributed by atoms with Crippen molar-refractivity contribution in [2.45, 2.75) is 30.4 Å². The van der Waals surface area contributed by atoms with Crippen molar-refractivity contribution >= 4 is 29.3 Å². The van der Waals surface area contributed by atoms with Crippen molar-refractivity contribution in [3.05, 3.63) is 24.0 Å². The molecule has 0 radical (unpaired) electrons. The van der Waals surface area contributed by atoms with Gasteiger partial charge in [-0.2, -0.15) is 11.8 Å². The molecule has 6 nitrogen and oxygen atoms in total. The van der Waals surface area contributed by atoms with Gasteiger partial charge in [-0.1, -0.05) is 0 Å². The number of likely N-dealkylation sites (tertiary alicyclic amines) is 1. The fourth-order valence-corrected chi connectivity index (χ4v) is 4.25. The van der Waals surface area contributed by atoms with Crippen LogP contribution in [-0.4, -0.2) is 65.9 Å². The molecule has 2 amide bonds. The number of hydrogen-bond donors (Lipinski definition) is 1. The zero-order valence-electron chi connectivity index (χ0n) is 15.0. The zero-order chi connectivity index (χ0) is 17.9. The van der Waals surface area contributed by atoms with E-state index in [0.717, 1.165) is 32.4 Å². The molecule has 2 saturated heterocycles. The van der Waals surface area contributed by atoms with Gasteiger partial charge in [0.25, 0.3) is 5.91 Å². The van der Waals surface area contributed by atoms with Crippen LogP contribution < -0.4 is 10.2 Å². The van der Waals surface area contributed by atoms with Gasteiger partial charge in [-0.15, -0.1) is 0 Å². The Kier molecular flexibility index (Phi) is 5.64. The van der Waals surface area contributed by atoms with Crippen LogP contribution in [0.3, 0.4) is 0 Å². The summed E-state index contributed by atoms with van der Waals surface area (Å²) in [6.07, 6.45) is 8.93. The molecule has 1 N–H and O–H groups in total. The van der Waals surface area contributed by atoms with Crippen LogP contribution >= 0.6 is 11.8 Å². The third-order valence-corrected chi connectivity index (χ3v) is 6.69. The number of thioether (sulfide) groups is 1. The molecule has 3 heterocycles. The molecule has 0 atom stereocenters. The summed E-state index contributed by atoms with van der Waals surface area (Å²) in [5.74, 6) is -0.0135. The average Bonchev–Trinajstić information content (AvgIpc) is 3.07. The van der Waals surface area contributed by atoms with Crippen molar-refractivity contribution < 1.29 is 9.59 Å². The normalized spacial score (nSPS) is 20.7. The highest BCUT2D eigenvalue weighted by Gasteiger charge is 2.33. The molecule has 0 aromatic carbocycles. The van der Waals surface area contributed by atoms with E-state index in [4.69, 9.17) is 0 Å². The fourth-order valence-electron chi connectivity index (χ4n) is 3.44. The maximum absolute atomic E-state index is 12.6. The van der Waals surface area contributed by atoms with E-state index in [1.54, 1.807) is 23.4 Å². The first kappa shape index (κ1) is 18.2. The van der Waals surface area contributed by atoms with E-state index in [1.165, 1.54) is 0 Å². The molecular weight excluding hydrogens is 336 g/mol. The van der Waals surface area contributed by atoms with Crippen molar-refractivity contribution in [1.82, 2.24) is 15.2 Å². The van der Waals surface area contributed by atoms with Gasteiger partial charge in [0, 0.05) is 30.5 Å². The Morgan fingerprint density at radius 1 is 1.32 bits per heavy atom. The van der Waals surface area contributed by atoms with Gasteiger partial charge in [-0.3, -0.25) is 14.6 Å². The summed E-state index contributed by atoms with van der Waals surface area (Å²) in [5.41, 5.74) is 1.23. The Morgan fingerprint density at radius 2 is 2.08 bits per heavy atom. The summed E-state index contributed by atoms with van der Waals surface area (Å²) in [4.78, 5) is 32.7. The van der Waals surface area contributed by atoms with Crippen LogP contribution in [0.15, 0.2) is 18.5 Å². The van der Waals surface area contributed by atoms with Crippen molar-refractivity contribution in [3.8, 4) is 0 Å². The minimum atomic E-state index is -0.117. The topological polar surface area (TPSA) is 65.5 Å². The number of amides is 2. The van der Waals surface area contributed by atoms with E-state index < -0.39 is 0 Å². The molecule has 2 fully saturated rings. The number of hydrogen-bond acceptors (Lipinski definition) is 5. The zero-order valence-corrected chi connectivity index (χ0v) is 15.8. The maximum Gasteiger partial charge on any atom is 0.252 e. The van der Waals surface area contributed by atoms with E-state index in [-0.39, 0.29) is 16.6 Å². The van der Waals surface area contributed by atoms with Gasteiger partial charge >= 0.3 is 0 Å². The molecule has 2 aliphatic rings. The Morgan fingerprint density at radius 3 is 2.72 bits per heavy atom. The first-order chi connectivity index (χ1) is 12.0. The molecule has 1 aromatic rings. The second kappa shape index (κ2) is 7.74. The molecule has 2 aliphatic heterocycles. The number of carbonyl (C=O) groups excluding carboxylic acids is 2. The van der Waals surface area contributed by atoms with Crippen LogP contribution in [0.5, 0.6) is 0 Å². The highest BCUT2D eigenvalue weighted by molar-refractivity contribution is 8.00. The second-order valence-electron chi connectivity index (χ2n) is 6.95. The van der Waals surface area contributed by atoms with Crippen molar-refractivity contribution in [1.29, 1.82) is 0 Å². The van der Waals surface area contributed by atoms with Crippen LogP contribution in [0.2, 0.25) is 0 Å². The molecule has 3 rings (SSSR count). The smallest absolute Gasteiger partial charge is 0.252 e. The number of rotatable bonds is 5. The Hall–Kier alpha value is -1.60. The lowest BCUT2D eigenvalue weighted by atomic mass is 9.95. The van der Waals surface area contributed by atoms with Crippen LogP contribution in [0.25, 0.3) is 0 Å². The minimum absolute atomic E-state index is 0.104. The number of carbonyl (C=O) groups is 2. The first-order valence-electron chi connectivity index (χ1n) is 8.80. The monoisotopic (exact) mass is 362 g/mol.